The van der Waals surface area contributed by atoms with Gasteiger partial charge in [0, 0.05) is 5.56 Å². The zero-order valence-electron chi connectivity index (χ0n) is 19.6. The average Bonchev–Trinajstić information content (AvgIpc) is 2.92. The lowest BCUT2D eigenvalue weighted by Gasteiger charge is -2.36. The van der Waals surface area contributed by atoms with Gasteiger partial charge in [-0.15, -0.1) is 0 Å². The summed E-state index contributed by atoms with van der Waals surface area (Å²) in [6, 6.07) is 31.2. The molecule has 0 spiro atoms. The fraction of sp³-hybridized carbons (Fsp3) is 0.0333. The zero-order valence-corrected chi connectivity index (χ0v) is 20.4. The van der Waals surface area contributed by atoms with Crippen LogP contribution in [0.5, 0.6) is 5.75 Å². The van der Waals surface area contributed by atoms with Crippen molar-refractivity contribution < 1.29 is 18.7 Å². The minimum atomic E-state index is -0.522. The van der Waals surface area contributed by atoms with Gasteiger partial charge in [-0.3, -0.25) is 19.4 Å². The number of hydrogen-bond acceptors (Lipinski definition) is 4. The minimum absolute atomic E-state index is 0.0440. The summed E-state index contributed by atoms with van der Waals surface area (Å²) in [5.74, 6) is -0.919. The van der Waals surface area contributed by atoms with E-state index in [0.717, 1.165) is 0 Å². The molecule has 37 heavy (non-hydrogen) atoms. The minimum Gasteiger partial charge on any atom is -0.489 e. The first-order chi connectivity index (χ1) is 18.0. The second-order valence-electron chi connectivity index (χ2n) is 8.25. The van der Waals surface area contributed by atoms with E-state index in [4.69, 9.17) is 17.0 Å². The number of thiocarbonyl (C=S) groups is 1. The van der Waals surface area contributed by atoms with Crippen molar-refractivity contribution in [3.8, 4) is 5.75 Å². The number of rotatable bonds is 6. The summed E-state index contributed by atoms with van der Waals surface area (Å²) in [5, 5.41) is 0.0755. The highest BCUT2D eigenvalue weighted by atomic mass is 32.1. The molecule has 0 radical (unpaired) electrons. The molecule has 0 bridgehead atoms. The van der Waals surface area contributed by atoms with Crippen LogP contribution in [0.25, 0.3) is 6.08 Å². The van der Waals surface area contributed by atoms with Crippen molar-refractivity contribution in [1.82, 2.24) is 0 Å². The number of nitrogens with zero attached hydrogens (tertiary/aromatic N) is 2. The monoisotopic (exact) mass is 508 g/mol. The van der Waals surface area contributed by atoms with Crippen molar-refractivity contribution in [2.24, 2.45) is 0 Å². The molecule has 1 saturated heterocycles. The highest BCUT2D eigenvalue weighted by molar-refractivity contribution is 7.81. The number of amides is 2. The number of hydrogen-bond donors (Lipinski definition) is 0. The molecule has 1 aliphatic rings. The summed E-state index contributed by atoms with van der Waals surface area (Å²) < 4.78 is 19.7. The van der Waals surface area contributed by atoms with Crippen LogP contribution in [0.3, 0.4) is 0 Å². The second kappa shape index (κ2) is 10.6. The highest BCUT2D eigenvalue weighted by Gasteiger charge is 2.41. The Bertz CT molecular complexity index is 1440. The molecule has 5 rings (SSSR count). The van der Waals surface area contributed by atoms with Crippen LogP contribution in [0.4, 0.5) is 15.8 Å². The van der Waals surface area contributed by atoms with Crippen molar-refractivity contribution >= 4 is 46.6 Å². The SMILES string of the molecule is O=C1C(=Cc2cccc(OCc3ccccc3F)c2)C(=O)N(c2ccccc2)C(=S)N1c1ccccc1. The van der Waals surface area contributed by atoms with Crippen LogP contribution in [0, 0.1) is 5.82 Å². The Hall–Kier alpha value is -4.62. The fourth-order valence-corrected chi connectivity index (χ4v) is 4.35. The molecule has 0 unspecified atom stereocenters. The van der Waals surface area contributed by atoms with Gasteiger partial charge in [0.2, 0.25) is 0 Å². The van der Waals surface area contributed by atoms with Crippen LogP contribution < -0.4 is 14.5 Å². The normalized spacial score (nSPS) is 13.6. The van der Waals surface area contributed by atoms with Crippen LogP contribution in [-0.2, 0) is 16.2 Å². The maximum Gasteiger partial charge on any atom is 0.270 e. The molecule has 182 valence electrons. The van der Waals surface area contributed by atoms with E-state index in [1.807, 2.05) is 12.1 Å². The van der Waals surface area contributed by atoms with Crippen LogP contribution in [0.15, 0.2) is 115 Å². The molecule has 4 aromatic carbocycles. The van der Waals surface area contributed by atoms with Gasteiger partial charge in [-0.1, -0.05) is 66.7 Å². The van der Waals surface area contributed by atoms with Crippen LogP contribution in [-0.4, -0.2) is 16.9 Å². The van der Waals surface area contributed by atoms with Crippen LogP contribution in [0.2, 0.25) is 0 Å². The third kappa shape index (κ3) is 5.03. The van der Waals surface area contributed by atoms with E-state index < -0.39 is 11.8 Å². The number of carbonyl (C=O) groups excluding carboxylic acids is 2. The summed E-state index contributed by atoms with van der Waals surface area (Å²) in [6.07, 6.45) is 1.52. The Labute approximate surface area is 219 Å². The molecule has 0 aromatic heterocycles. The Kier molecular flexibility index (Phi) is 6.87. The van der Waals surface area contributed by atoms with Crippen molar-refractivity contribution in [1.29, 1.82) is 0 Å². The fourth-order valence-electron chi connectivity index (χ4n) is 3.98. The number of ether oxygens (including phenoxy) is 1. The predicted octanol–water partition coefficient (Wildman–Crippen LogP) is 6.15. The molecule has 4 aromatic rings. The van der Waals surface area contributed by atoms with Gasteiger partial charge < -0.3 is 4.74 Å². The van der Waals surface area contributed by atoms with E-state index in [9.17, 15) is 14.0 Å². The van der Waals surface area contributed by atoms with Gasteiger partial charge in [-0.2, -0.15) is 0 Å². The van der Waals surface area contributed by atoms with E-state index in [1.54, 1.807) is 91.0 Å². The molecule has 1 fully saturated rings. The molecule has 1 heterocycles. The topological polar surface area (TPSA) is 49.9 Å². The smallest absolute Gasteiger partial charge is 0.270 e. The summed E-state index contributed by atoms with van der Waals surface area (Å²) in [6.45, 7) is 0.0440. The van der Waals surface area contributed by atoms with Crippen LogP contribution in [0.1, 0.15) is 11.1 Å². The van der Waals surface area contributed by atoms with E-state index in [1.165, 1.54) is 21.9 Å². The number of halogens is 1. The van der Waals surface area contributed by atoms with Gasteiger partial charge in [0.15, 0.2) is 5.11 Å². The molecular formula is C30H21FN2O3S. The largest absolute Gasteiger partial charge is 0.489 e. The second-order valence-corrected chi connectivity index (χ2v) is 8.61. The first kappa shape index (κ1) is 24.1. The summed E-state index contributed by atoms with van der Waals surface area (Å²) in [7, 11) is 0. The molecule has 0 aliphatic carbocycles. The van der Waals surface area contributed by atoms with Gasteiger partial charge in [0.25, 0.3) is 11.8 Å². The lowest BCUT2D eigenvalue weighted by Crippen LogP contribution is -2.56. The number of anilines is 2. The number of para-hydroxylation sites is 2. The third-order valence-corrected chi connectivity index (χ3v) is 6.16. The highest BCUT2D eigenvalue weighted by Crippen LogP contribution is 2.30. The quantitative estimate of drug-likeness (QED) is 0.178. The average molecular weight is 509 g/mol. The molecule has 0 saturated carbocycles. The Morgan fingerprint density at radius 3 is 1.89 bits per heavy atom. The van der Waals surface area contributed by atoms with E-state index in [2.05, 4.69) is 0 Å². The van der Waals surface area contributed by atoms with Gasteiger partial charge in [0.05, 0.1) is 11.4 Å². The van der Waals surface area contributed by atoms with Gasteiger partial charge in [-0.25, -0.2) is 4.39 Å². The van der Waals surface area contributed by atoms with Crippen molar-refractivity contribution in [3.63, 3.8) is 0 Å². The first-order valence-corrected chi connectivity index (χ1v) is 11.9. The van der Waals surface area contributed by atoms with Crippen molar-refractivity contribution in [2.45, 2.75) is 6.61 Å². The van der Waals surface area contributed by atoms with Crippen molar-refractivity contribution in [3.05, 3.63) is 132 Å². The molecule has 1 aliphatic heterocycles. The zero-order chi connectivity index (χ0) is 25.8. The van der Waals surface area contributed by atoms with E-state index >= 15 is 0 Å². The van der Waals surface area contributed by atoms with Gasteiger partial charge in [0.1, 0.15) is 23.7 Å². The Morgan fingerprint density at radius 1 is 0.730 bits per heavy atom. The van der Waals surface area contributed by atoms with E-state index in [-0.39, 0.29) is 23.1 Å². The molecular weight excluding hydrogens is 487 g/mol. The third-order valence-electron chi connectivity index (χ3n) is 5.80. The lowest BCUT2D eigenvalue weighted by molar-refractivity contribution is -0.120. The first-order valence-electron chi connectivity index (χ1n) is 11.5. The van der Waals surface area contributed by atoms with Crippen LogP contribution >= 0.6 is 12.2 Å². The summed E-state index contributed by atoms with van der Waals surface area (Å²) >= 11 is 5.63. The summed E-state index contributed by atoms with van der Waals surface area (Å²) in [5.41, 5.74) is 2.07. The Balaban J connectivity index is 1.50. The molecule has 7 heteroatoms. The summed E-state index contributed by atoms with van der Waals surface area (Å²) in [4.78, 5) is 29.9. The standard InChI is InChI=1S/C30H21FN2O3S/c31-27-17-8-7-11-22(27)20-36-25-16-9-10-21(18-25)19-26-28(34)32(23-12-3-1-4-13-23)30(37)33(29(26)35)24-14-5-2-6-15-24/h1-19H,20H2. The van der Waals surface area contributed by atoms with Crippen molar-refractivity contribution in [2.75, 3.05) is 9.80 Å². The van der Waals surface area contributed by atoms with E-state index in [0.29, 0.717) is 28.3 Å². The number of carbonyl (C=O) groups is 2. The maximum absolute atomic E-state index is 14.0. The maximum atomic E-state index is 14.0. The Morgan fingerprint density at radius 2 is 1.30 bits per heavy atom. The predicted molar refractivity (Wildman–Crippen MR) is 146 cm³/mol. The van der Waals surface area contributed by atoms with Gasteiger partial charge >= 0.3 is 0 Å². The molecule has 5 nitrogen and oxygen atoms in total. The number of benzene rings is 4. The molecule has 0 atom stereocenters. The molecule has 0 N–H and O–H groups in total. The lowest BCUT2D eigenvalue weighted by atomic mass is 10.0. The van der Waals surface area contributed by atoms with Gasteiger partial charge in [-0.05, 0) is 66.3 Å². The molecule has 2 amide bonds.